The van der Waals surface area contributed by atoms with Crippen molar-refractivity contribution in [3.05, 3.63) is 93.5 Å². The number of anilines is 1. The van der Waals surface area contributed by atoms with E-state index in [0.717, 1.165) is 23.3 Å². The molecule has 1 unspecified atom stereocenters. The van der Waals surface area contributed by atoms with Gasteiger partial charge < -0.3 is 29.5 Å². The molecule has 0 radical (unpaired) electrons. The third-order valence-electron chi connectivity index (χ3n) is 5.77. The molecule has 0 saturated carbocycles. The van der Waals surface area contributed by atoms with Gasteiger partial charge in [-0.05, 0) is 60.5 Å². The van der Waals surface area contributed by atoms with Crippen LogP contribution < -0.4 is 10.1 Å². The Hall–Kier alpha value is -3.44. The Balaban J connectivity index is 1.57. The first-order valence-electron chi connectivity index (χ1n) is 12.7. The van der Waals surface area contributed by atoms with E-state index in [9.17, 15) is 23.5 Å². The number of carboxylic acids is 1. The second-order valence-electron chi connectivity index (χ2n) is 8.86. The number of ether oxygens (including phenoxy) is 3. The van der Waals surface area contributed by atoms with E-state index in [1.54, 1.807) is 49.4 Å². The number of carbonyl (C=O) groups excluding carboxylic acids is 1. The smallest absolute Gasteiger partial charge is 0.333 e. The molecule has 0 aromatic heterocycles. The molecule has 220 valence electrons. The van der Waals surface area contributed by atoms with Gasteiger partial charge in [-0.25, -0.2) is 18.4 Å². The first-order valence-corrected chi connectivity index (χ1v) is 13.5. The topological polar surface area (TPSA) is 97.3 Å². The molecular formula is C29H30Cl2F2N2O6. The van der Waals surface area contributed by atoms with Crippen molar-refractivity contribution in [2.24, 2.45) is 0 Å². The van der Waals surface area contributed by atoms with Crippen LogP contribution in [0.5, 0.6) is 5.75 Å². The maximum absolute atomic E-state index is 13.6. The summed E-state index contributed by atoms with van der Waals surface area (Å²) in [5.74, 6) is -2.62. The number of urea groups is 1. The molecule has 0 heterocycles. The lowest BCUT2D eigenvalue weighted by Gasteiger charge is -2.23. The minimum Gasteiger partial charge on any atom is -0.492 e. The molecule has 0 aliphatic heterocycles. The molecule has 41 heavy (non-hydrogen) atoms. The van der Waals surface area contributed by atoms with E-state index in [4.69, 9.17) is 37.4 Å². The number of hydrogen-bond donors (Lipinski definition) is 2. The largest absolute Gasteiger partial charge is 0.492 e. The SMILES string of the molecule is CCOC(Cc1ccc(OCCN(CCOCc2cc(Cl)cc(Cl)c2)C(=O)Nc2ccc(F)c(F)c2)cc1)C(=O)O. The number of nitrogens with zero attached hydrogens (tertiary/aromatic N) is 1. The molecule has 0 fully saturated rings. The van der Waals surface area contributed by atoms with Crippen LogP contribution in [0.3, 0.4) is 0 Å². The summed E-state index contributed by atoms with van der Waals surface area (Å²) in [4.78, 5) is 25.7. The summed E-state index contributed by atoms with van der Waals surface area (Å²) in [6, 6.07) is 14.5. The Morgan fingerprint density at radius 2 is 1.61 bits per heavy atom. The van der Waals surface area contributed by atoms with Crippen LogP contribution in [-0.4, -0.2) is 61.0 Å². The van der Waals surface area contributed by atoms with Gasteiger partial charge in [0, 0.05) is 41.4 Å². The fourth-order valence-corrected chi connectivity index (χ4v) is 4.35. The van der Waals surface area contributed by atoms with Crippen LogP contribution in [0.1, 0.15) is 18.1 Å². The molecule has 0 aliphatic carbocycles. The monoisotopic (exact) mass is 610 g/mol. The van der Waals surface area contributed by atoms with E-state index in [1.165, 1.54) is 11.0 Å². The van der Waals surface area contributed by atoms with Crippen LogP contribution in [-0.2, 0) is 27.3 Å². The molecule has 3 aromatic carbocycles. The lowest BCUT2D eigenvalue weighted by atomic mass is 10.1. The van der Waals surface area contributed by atoms with Crippen molar-refractivity contribution in [1.82, 2.24) is 4.90 Å². The van der Waals surface area contributed by atoms with Gasteiger partial charge in [-0.15, -0.1) is 0 Å². The van der Waals surface area contributed by atoms with Gasteiger partial charge in [0.2, 0.25) is 0 Å². The normalized spacial score (nSPS) is 11.6. The zero-order chi connectivity index (χ0) is 29.8. The highest BCUT2D eigenvalue weighted by Gasteiger charge is 2.18. The first kappa shape index (κ1) is 32.1. The summed E-state index contributed by atoms with van der Waals surface area (Å²) in [5.41, 5.74) is 1.63. The summed E-state index contributed by atoms with van der Waals surface area (Å²) < 4.78 is 43.6. The van der Waals surface area contributed by atoms with Gasteiger partial charge in [-0.2, -0.15) is 0 Å². The predicted molar refractivity (Wildman–Crippen MR) is 152 cm³/mol. The zero-order valence-electron chi connectivity index (χ0n) is 22.2. The van der Waals surface area contributed by atoms with Crippen molar-refractivity contribution < 1.29 is 37.7 Å². The van der Waals surface area contributed by atoms with E-state index in [-0.39, 0.29) is 45.0 Å². The van der Waals surface area contributed by atoms with Crippen molar-refractivity contribution in [2.45, 2.75) is 26.1 Å². The molecule has 3 aromatic rings. The van der Waals surface area contributed by atoms with Gasteiger partial charge in [0.15, 0.2) is 17.7 Å². The summed E-state index contributed by atoms with van der Waals surface area (Å²) in [6.07, 6.45) is -0.727. The van der Waals surface area contributed by atoms with Gasteiger partial charge in [-0.1, -0.05) is 35.3 Å². The molecule has 2 amide bonds. The Morgan fingerprint density at radius 3 is 2.24 bits per heavy atom. The lowest BCUT2D eigenvalue weighted by molar-refractivity contribution is -0.149. The quantitative estimate of drug-likeness (QED) is 0.192. The maximum Gasteiger partial charge on any atom is 0.333 e. The van der Waals surface area contributed by atoms with E-state index < -0.39 is 29.7 Å². The van der Waals surface area contributed by atoms with Crippen molar-refractivity contribution in [1.29, 1.82) is 0 Å². The number of rotatable bonds is 15. The lowest BCUT2D eigenvalue weighted by Crippen LogP contribution is -2.40. The standard InChI is InChI=1S/C29H30Cl2F2N2O6/c1-2-40-27(28(36)37)15-19-3-6-24(7-4-19)41-12-10-35(29(38)34-23-5-8-25(32)26(33)17-23)9-11-39-18-20-13-21(30)16-22(31)14-20/h3-8,13-14,16-17,27H,2,9-12,15,18H2,1H3,(H,34,38)(H,36,37). The maximum atomic E-state index is 13.6. The second kappa shape index (κ2) is 16.1. The Labute approximate surface area is 246 Å². The average Bonchev–Trinajstić information content (AvgIpc) is 2.92. The minimum atomic E-state index is -1.08. The summed E-state index contributed by atoms with van der Waals surface area (Å²) in [6.45, 7) is 2.83. The van der Waals surface area contributed by atoms with Gasteiger partial charge in [-0.3, -0.25) is 0 Å². The van der Waals surface area contributed by atoms with Gasteiger partial charge in [0.1, 0.15) is 12.4 Å². The summed E-state index contributed by atoms with van der Waals surface area (Å²) in [5, 5.41) is 12.8. The molecule has 0 aliphatic rings. The molecule has 1 atom stereocenters. The molecule has 0 bridgehead atoms. The number of benzene rings is 3. The van der Waals surface area contributed by atoms with E-state index in [2.05, 4.69) is 5.32 Å². The molecule has 0 saturated heterocycles. The van der Waals surface area contributed by atoms with Gasteiger partial charge >= 0.3 is 12.0 Å². The fourth-order valence-electron chi connectivity index (χ4n) is 3.78. The number of hydrogen-bond acceptors (Lipinski definition) is 5. The Morgan fingerprint density at radius 1 is 0.927 bits per heavy atom. The van der Waals surface area contributed by atoms with Gasteiger partial charge in [0.05, 0.1) is 19.8 Å². The van der Waals surface area contributed by atoms with E-state index in [0.29, 0.717) is 22.4 Å². The Kier molecular flexibility index (Phi) is 12.6. The van der Waals surface area contributed by atoms with Crippen LogP contribution in [0, 0.1) is 11.6 Å². The highest BCUT2D eigenvalue weighted by atomic mass is 35.5. The fraction of sp³-hybridized carbons (Fsp3) is 0.310. The van der Waals surface area contributed by atoms with Crippen LogP contribution in [0.15, 0.2) is 60.7 Å². The third kappa shape index (κ3) is 10.8. The average molecular weight is 611 g/mol. The zero-order valence-corrected chi connectivity index (χ0v) is 23.8. The van der Waals surface area contributed by atoms with Crippen molar-refractivity contribution in [2.75, 3.05) is 38.2 Å². The molecule has 0 spiro atoms. The number of halogens is 4. The van der Waals surface area contributed by atoms with Crippen LogP contribution in [0.25, 0.3) is 0 Å². The molecule has 2 N–H and O–H groups in total. The van der Waals surface area contributed by atoms with E-state index in [1.807, 2.05) is 0 Å². The number of carbonyl (C=O) groups is 2. The van der Waals surface area contributed by atoms with E-state index >= 15 is 0 Å². The molecule has 8 nitrogen and oxygen atoms in total. The van der Waals surface area contributed by atoms with Crippen LogP contribution in [0.2, 0.25) is 10.0 Å². The summed E-state index contributed by atoms with van der Waals surface area (Å²) >= 11 is 12.0. The number of amides is 2. The minimum absolute atomic E-state index is 0.0941. The van der Waals surface area contributed by atoms with Crippen LogP contribution >= 0.6 is 23.2 Å². The second-order valence-corrected chi connectivity index (χ2v) is 9.73. The van der Waals surface area contributed by atoms with Crippen molar-refractivity contribution in [3.63, 3.8) is 0 Å². The first-order chi connectivity index (χ1) is 19.6. The Bertz CT molecular complexity index is 1290. The molecular weight excluding hydrogens is 581 g/mol. The molecule has 12 heteroatoms. The van der Waals surface area contributed by atoms with Gasteiger partial charge in [0.25, 0.3) is 0 Å². The number of nitrogens with one attached hydrogen (secondary N) is 1. The van der Waals surface area contributed by atoms with Crippen molar-refractivity contribution in [3.8, 4) is 5.75 Å². The predicted octanol–water partition coefficient (Wildman–Crippen LogP) is 6.43. The van der Waals surface area contributed by atoms with Crippen LogP contribution in [0.4, 0.5) is 19.3 Å². The highest BCUT2D eigenvalue weighted by Crippen LogP contribution is 2.20. The highest BCUT2D eigenvalue weighted by molar-refractivity contribution is 6.34. The third-order valence-corrected chi connectivity index (χ3v) is 6.21. The number of carboxylic acid groups (broad SMARTS) is 1. The number of aliphatic carboxylic acids is 1. The van der Waals surface area contributed by atoms with Crippen molar-refractivity contribution >= 4 is 40.9 Å². The molecule has 3 rings (SSSR count). The summed E-state index contributed by atoms with van der Waals surface area (Å²) in [7, 11) is 0.